The first-order valence-electron chi connectivity index (χ1n) is 12.8. The van der Waals surface area contributed by atoms with Crippen LogP contribution in [0.15, 0.2) is 60.8 Å². The van der Waals surface area contributed by atoms with Gasteiger partial charge in [-0.05, 0) is 43.0 Å². The minimum absolute atomic E-state index is 0.137. The van der Waals surface area contributed by atoms with Gasteiger partial charge in [0.05, 0.1) is 19.3 Å². The van der Waals surface area contributed by atoms with E-state index in [9.17, 15) is 9.59 Å². The summed E-state index contributed by atoms with van der Waals surface area (Å²) in [5.41, 5.74) is 8.32. The molecule has 1 aromatic heterocycles. The number of carbonyl (C=O) groups is 2. The largest absolute Gasteiger partial charge is 0.450 e. The summed E-state index contributed by atoms with van der Waals surface area (Å²) in [5.74, 6) is 0.990. The number of rotatable bonds is 11. The molecule has 10 heteroatoms. The average Bonchev–Trinajstić information content (AvgIpc) is 3.05. The molecule has 2 aromatic carbocycles. The number of hydrogen-bond acceptors (Lipinski definition) is 8. The molecule has 0 saturated heterocycles. The summed E-state index contributed by atoms with van der Waals surface area (Å²) in [6, 6.07) is 17.8. The zero-order chi connectivity index (χ0) is 26.9. The van der Waals surface area contributed by atoms with Crippen LogP contribution >= 0.6 is 0 Å². The lowest BCUT2D eigenvalue weighted by atomic mass is 10.0. The third-order valence-corrected chi connectivity index (χ3v) is 6.30. The number of nitrogens with two attached hydrogens (primary N) is 1. The fourth-order valence-electron chi connectivity index (χ4n) is 4.37. The molecule has 38 heavy (non-hydrogen) atoms. The Bertz CT molecular complexity index is 1240. The number of primary amides is 1. The van der Waals surface area contributed by atoms with Gasteiger partial charge in [-0.15, -0.1) is 0 Å². The quantitative estimate of drug-likeness (QED) is 0.363. The molecule has 10 nitrogen and oxygen atoms in total. The van der Waals surface area contributed by atoms with Gasteiger partial charge < -0.3 is 30.3 Å². The van der Waals surface area contributed by atoms with Crippen LogP contribution in [0.25, 0.3) is 0 Å². The van der Waals surface area contributed by atoms with Gasteiger partial charge in [0, 0.05) is 38.6 Å². The van der Waals surface area contributed by atoms with E-state index in [1.165, 1.54) is 0 Å². The maximum absolute atomic E-state index is 13.5. The number of ether oxygens (including phenoxy) is 2. The summed E-state index contributed by atoms with van der Waals surface area (Å²) in [7, 11) is 1.93. The molecule has 0 bridgehead atoms. The lowest BCUT2D eigenvalue weighted by molar-refractivity contribution is 0.0287. The number of anilines is 3. The van der Waals surface area contributed by atoms with Crippen molar-refractivity contribution in [2.75, 3.05) is 48.4 Å². The van der Waals surface area contributed by atoms with E-state index in [1.54, 1.807) is 11.1 Å². The Morgan fingerprint density at radius 1 is 1.16 bits per heavy atom. The normalized spacial score (nSPS) is 14.0. The van der Waals surface area contributed by atoms with Crippen LogP contribution in [0.1, 0.15) is 47.4 Å². The number of nitrogens with zero attached hydrogens (tertiary/aromatic N) is 4. The van der Waals surface area contributed by atoms with Gasteiger partial charge in [-0.25, -0.2) is 9.78 Å². The number of amides is 2. The van der Waals surface area contributed by atoms with E-state index in [4.69, 9.17) is 15.2 Å². The van der Waals surface area contributed by atoms with Crippen LogP contribution in [-0.2, 0) is 16.1 Å². The summed E-state index contributed by atoms with van der Waals surface area (Å²) >= 11 is 0. The third kappa shape index (κ3) is 6.77. The summed E-state index contributed by atoms with van der Waals surface area (Å²) in [5, 5.41) is 3.10. The molecule has 0 spiro atoms. The van der Waals surface area contributed by atoms with Crippen molar-refractivity contribution in [1.82, 2.24) is 9.97 Å². The molecule has 1 aliphatic heterocycles. The van der Waals surface area contributed by atoms with Crippen molar-refractivity contribution in [2.45, 2.75) is 32.5 Å². The number of likely N-dealkylation sites (N-methyl/N-ethyl adjacent to an activating group) is 1. The van der Waals surface area contributed by atoms with Crippen LogP contribution in [0.3, 0.4) is 0 Å². The molecular formula is C28H34N6O4. The molecule has 4 rings (SSSR count). The van der Waals surface area contributed by atoms with Crippen molar-refractivity contribution in [2.24, 2.45) is 5.73 Å². The van der Waals surface area contributed by atoms with Crippen LogP contribution in [0, 0.1) is 0 Å². The minimum Gasteiger partial charge on any atom is -0.450 e. The number of benzene rings is 2. The molecule has 2 heterocycles. The molecule has 0 fully saturated rings. The maximum Gasteiger partial charge on any atom is 0.404 e. The van der Waals surface area contributed by atoms with Crippen molar-refractivity contribution in [1.29, 1.82) is 0 Å². The summed E-state index contributed by atoms with van der Waals surface area (Å²) in [6.07, 6.45) is 1.92. The number of nitrogens with one attached hydrogen (secondary N) is 1. The number of aromatic nitrogens is 2. The predicted octanol–water partition coefficient (Wildman–Crippen LogP) is 4.14. The van der Waals surface area contributed by atoms with Gasteiger partial charge in [-0.2, -0.15) is 4.98 Å². The monoisotopic (exact) mass is 518 g/mol. The van der Waals surface area contributed by atoms with E-state index in [-0.39, 0.29) is 18.6 Å². The predicted molar refractivity (Wildman–Crippen MR) is 146 cm³/mol. The van der Waals surface area contributed by atoms with E-state index >= 15 is 0 Å². The van der Waals surface area contributed by atoms with Crippen LogP contribution in [0.4, 0.5) is 22.2 Å². The molecule has 0 radical (unpaired) electrons. The van der Waals surface area contributed by atoms with E-state index in [0.29, 0.717) is 56.4 Å². The smallest absolute Gasteiger partial charge is 0.404 e. The Morgan fingerprint density at radius 3 is 2.74 bits per heavy atom. The molecule has 1 aliphatic rings. The Labute approximate surface area is 222 Å². The minimum atomic E-state index is -0.777. The summed E-state index contributed by atoms with van der Waals surface area (Å²) in [6.45, 7) is 4.42. The van der Waals surface area contributed by atoms with E-state index in [2.05, 4.69) is 15.3 Å². The van der Waals surface area contributed by atoms with Crippen LogP contribution in [0.5, 0.6) is 0 Å². The van der Waals surface area contributed by atoms with Gasteiger partial charge in [0.25, 0.3) is 5.91 Å². The highest BCUT2D eigenvalue weighted by atomic mass is 16.5. The standard InChI is InChI=1S/C28H34N6O4/c1-3-30-28-31-18-23-25(32-28)33(2)14-15-34(26(23)35)22-12-7-9-20(17-22)19-38-24(13-8-16-37-27(29)36)21-10-5-4-6-11-21/h4-7,9-12,17-18,24H,3,8,13-16,19H2,1-2H3,(H2,29,36)(H,30,31,32). The summed E-state index contributed by atoms with van der Waals surface area (Å²) in [4.78, 5) is 37.0. The van der Waals surface area contributed by atoms with Gasteiger partial charge >= 0.3 is 6.09 Å². The first kappa shape index (κ1) is 26.9. The topological polar surface area (TPSA) is 123 Å². The van der Waals surface area contributed by atoms with Crippen molar-refractivity contribution in [3.63, 3.8) is 0 Å². The molecular weight excluding hydrogens is 484 g/mol. The Kier molecular flexibility index (Phi) is 9.10. The van der Waals surface area contributed by atoms with Gasteiger partial charge in [0.1, 0.15) is 11.4 Å². The van der Waals surface area contributed by atoms with Crippen LogP contribution in [0.2, 0.25) is 0 Å². The number of fused-ring (bicyclic) bond motifs is 1. The Morgan fingerprint density at radius 2 is 1.97 bits per heavy atom. The van der Waals surface area contributed by atoms with E-state index in [0.717, 1.165) is 16.8 Å². The second-order valence-corrected chi connectivity index (χ2v) is 9.03. The molecule has 3 aromatic rings. The van der Waals surface area contributed by atoms with Crippen molar-refractivity contribution in [3.05, 3.63) is 77.5 Å². The second kappa shape index (κ2) is 12.9. The summed E-state index contributed by atoms with van der Waals surface area (Å²) < 4.78 is 11.2. The van der Waals surface area contributed by atoms with Crippen molar-refractivity contribution in [3.8, 4) is 0 Å². The first-order valence-corrected chi connectivity index (χ1v) is 12.8. The van der Waals surface area contributed by atoms with Crippen LogP contribution < -0.4 is 20.9 Å². The van der Waals surface area contributed by atoms with E-state index < -0.39 is 6.09 Å². The molecule has 0 aliphatic carbocycles. The zero-order valence-corrected chi connectivity index (χ0v) is 21.8. The average molecular weight is 519 g/mol. The highest BCUT2D eigenvalue weighted by Gasteiger charge is 2.28. The van der Waals surface area contributed by atoms with Crippen molar-refractivity contribution < 1.29 is 19.1 Å². The van der Waals surface area contributed by atoms with E-state index in [1.807, 2.05) is 73.5 Å². The second-order valence-electron chi connectivity index (χ2n) is 9.03. The molecule has 0 saturated carbocycles. The first-order chi connectivity index (χ1) is 18.5. The van der Waals surface area contributed by atoms with Gasteiger partial charge in [-0.1, -0.05) is 42.5 Å². The van der Waals surface area contributed by atoms with Gasteiger partial charge in [0.15, 0.2) is 0 Å². The molecule has 1 atom stereocenters. The molecule has 2 amide bonds. The molecule has 3 N–H and O–H groups in total. The maximum atomic E-state index is 13.5. The van der Waals surface area contributed by atoms with Gasteiger partial charge in [0.2, 0.25) is 5.95 Å². The fourth-order valence-corrected chi connectivity index (χ4v) is 4.37. The molecule has 200 valence electrons. The lowest BCUT2D eigenvalue weighted by Gasteiger charge is -2.22. The third-order valence-electron chi connectivity index (χ3n) is 6.30. The Balaban J connectivity index is 1.48. The van der Waals surface area contributed by atoms with Crippen LogP contribution in [-0.4, -0.2) is 55.3 Å². The zero-order valence-electron chi connectivity index (χ0n) is 21.8. The highest BCUT2D eigenvalue weighted by molar-refractivity contribution is 6.09. The van der Waals surface area contributed by atoms with Gasteiger partial charge in [-0.3, -0.25) is 4.79 Å². The fraction of sp³-hybridized carbons (Fsp3) is 0.357. The SMILES string of the molecule is CCNc1ncc2c(n1)N(C)CCN(c1cccc(COC(CCCOC(N)=O)c3ccccc3)c1)C2=O. The highest BCUT2D eigenvalue weighted by Crippen LogP contribution is 2.28. The molecule has 1 unspecified atom stereocenters. The van der Waals surface area contributed by atoms with Crippen molar-refractivity contribution >= 4 is 29.5 Å². The number of hydrogen-bond donors (Lipinski definition) is 2. The lowest BCUT2D eigenvalue weighted by Crippen LogP contribution is -2.33. The Hall–Kier alpha value is -4.18. The number of carbonyl (C=O) groups excluding carboxylic acids is 2.